The molecule has 0 bridgehead atoms. The Morgan fingerprint density at radius 1 is 1.25 bits per heavy atom. The van der Waals surface area contributed by atoms with Crippen LogP contribution in [-0.2, 0) is 6.42 Å². The van der Waals surface area contributed by atoms with Gasteiger partial charge in [0, 0.05) is 11.5 Å². The Morgan fingerprint density at radius 2 is 1.94 bits per heavy atom. The summed E-state index contributed by atoms with van der Waals surface area (Å²) in [6, 6.07) is 6.80. The van der Waals surface area contributed by atoms with Gasteiger partial charge < -0.3 is 4.42 Å². The van der Waals surface area contributed by atoms with Gasteiger partial charge in [-0.2, -0.15) is 0 Å². The molecule has 3 heteroatoms. The highest BCUT2D eigenvalue weighted by Gasteiger charge is 2.13. The normalized spacial score (nSPS) is 10.6. The van der Waals surface area contributed by atoms with Crippen LogP contribution in [0, 0.1) is 0 Å². The summed E-state index contributed by atoms with van der Waals surface area (Å²) in [6.45, 7) is 3.45. The SMILES string of the molecule is CCc1ccc2ccc(=O)oc2c1C(C)=O. The molecule has 82 valence electrons. The van der Waals surface area contributed by atoms with Crippen LogP contribution in [0.15, 0.2) is 33.5 Å². The first-order valence-corrected chi connectivity index (χ1v) is 5.20. The summed E-state index contributed by atoms with van der Waals surface area (Å²) in [5.74, 6) is -0.0724. The molecule has 0 aliphatic heterocycles. The van der Waals surface area contributed by atoms with E-state index in [1.807, 2.05) is 19.1 Å². The number of carbonyl (C=O) groups is 1. The lowest BCUT2D eigenvalue weighted by molar-refractivity contribution is 0.101. The van der Waals surface area contributed by atoms with Crippen LogP contribution in [0.4, 0.5) is 0 Å². The molecular formula is C13H12O3. The molecule has 0 atom stereocenters. The van der Waals surface area contributed by atoms with Crippen molar-refractivity contribution in [1.29, 1.82) is 0 Å². The summed E-state index contributed by atoms with van der Waals surface area (Å²) in [5.41, 5.74) is 1.41. The van der Waals surface area contributed by atoms with Crippen LogP contribution in [0.2, 0.25) is 0 Å². The maximum Gasteiger partial charge on any atom is 0.336 e. The van der Waals surface area contributed by atoms with Gasteiger partial charge in [0.2, 0.25) is 0 Å². The third-order valence-electron chi connectivity index (χ3n) is 2.61. The summed E-state index contributed by atoms with van der Waals surface area (Å²) in [4.78, 5) is 22.8. The van der Waals surface area contributed by atoms with E-state index in [0.29, 0.717) is 11.1 Å². The Hall–Kier alpha value is -1.90. The minimum absolute atomic E-state index is 0.0724. The number of fused-ring (bicyclic) bond motifs is 1. The molecule has 1 aromatic carbocycles. The fourth-order valence-corrected chi connectivity index (χ4v) is 1.85. The van der Waals surface area contributed by atoms with Crippen molar-refractivity contribution in [1.82, 2.24) is 0 Å². The standard InChI is InChI=1S/C13H12O3/c1-3-9-4-5-10-6-7-11(15)16-13(10)12(9)8(2)14/h4-7H,3H2,1-2H3. The second kappa shape index (κ2) is 3.93. The van der Waals surface area contributed by atoms with E-state index >= 15 is 0 Å². The van der Waals surface area contributed by atoms with Crippen molar-refractivity contribution in [2.45, 2.75) is 20.3 Å². The van der Waals surface area contributed by atoms with Crippen molar-refractivity contribution >= 4 is 16.8 Å². The molecule has 16 heavy (non-hydrogen) atoms. The minimum atomic E-state index is -0.428. The number of rotatable bonds is 2. The number of hydrogen-bond donors (Lipinski definition) is 0. The van der Waals surface area contributed by atoms with E-state index in [1.54, 1.807) is 6.07 Å². The molecule has 0 N–H and O–H groups in total. The zero-order chi connectivity index (χ0) is 11.7. The molecule has 0 spiro atoms. The molecule has 0 saturated heterocycles. The van der Waals surface area contributed by atoms with Gasteiger partial charge in [-0.1, -0.05) is 19.1 Å². The molecular weight excluding hydrogens is 204 g/mol. The van der Waals surface area contributed by atoms with Gasteiger partial charge in [-0.15, -0.1) is 0 Å². The number of aryl methyl sites for hydroxylation is 1. The maximum absolute atomic E-state index is 11.6. The van der Waals surface area contributed by atoms with Crippen molar-refractivity contribution in [3.63, 3.8) is 0 Å². The molecule has 2 rings (SSSR count). The molecule has 0 radical (unpaired) electrons. The van der Waals surface area contributed by atoms with Crippen LogP contribution in [0.25, 0.3) is 11.0 Å². The fourth-order valence-electron chi connectivity index (χ4n) is 1.85. The molecule has 1 heterocycles. The molecule has 0 unspecified atom stereocenters. The third-order valence-corrected chi connectivity index (χ3v) is 2.61. The quantitative estimate of drug-likeness (QED) is 0.572. The Bertz CT molecular complexity index is 608. The van der Waals surface area contributed by atoms with E-state index in [1.165, 1.54) is 13.0 Å². The van der Waals surface area contributed by atoms with Gasteiger partial charge in [-0.25, -0.2) is 4.79 Å². The lowest BCUT2D eigenvalue weighted by Crippen LogP contribution is -2.03. The van der Waals surface area contributed by atoms with Gasteiger partial charge in [-0.3, -0.25) is 4.79 Å². The first-order valence-electron chi connectivity index (χ1n) is 5.20. The predicted octanol–water partition coefficient (Wildman–Crippen LogP) is 2.56. The first kappa shape index (κ1) is 10.6. The van der Waals surface area contributed by atoms with Gasteiger partial charge in [0.1, 0.15) is 5.58 Å². The second-order valence-electron chi connectivity index (χ2n) is 3.68. The molecule has 2 aromatic rings. The Kier molecular flexibility index (Phi) is 2.60. The molecule has 0 aliphatic carbocycles. The highest BCUT2D eigenvalue weighted by Crippen LogP contribution is 2.22. The van der Waals surface area contributed by atoms with E-state index in [-0.39, 0.29) is 5.78 Å². The topological polar surface area (TPSA) is 47.3 Å². The summed E-state index contributed by atoms with van der Waals surface area (Å²) in [7, 11) is 0. The fraction of sp³-hybridized carbons (Fsp3) is 0.231. The number of ketones is 1. The number of benzene rings is 1. The number of carbonyl (C=O) groups excluding carboxylic acids is 1. The van der Waals surface area contributed by atoms with E-state index in [9.17, 15) is 9.59 Å². The lowest BCUT2D eigenvalue weighted by atomic mass is 9.99. The zero-order valence-electron chi connectivity index (χ0n) is 9.24. The molecule has 0 aliphatic rings. The molecule has 0 saturated carbocycles. The average molecular weight is 216 g/mol. The van der Waals surface area contributed by atoms with Crippen molar-refractivity contribution < 1.29 is 9.21 Å². The van der Waals surface area contributed by atoms with Crippen molar-refractivity contribution in [3.05, 3.63) is 45.8 Å². The zero-order valence-corrected chi connectivity index (χ0v) is 9.24. The van der Waals surface area contributed by atoms with Gasteiger partial charge in [0.15, 0.2) is 5.78 Å². The average Bonchev–Trinajstić information content (AvgIpc) is 2.26. The van der Waals surface area contributed by atoms with E-state index in [2.05, 4.69) is 0 Å². The smallest absolute Gasteiger partial charge is 0.336 e. The van der Waals surface area contributed by atoms with Crippen LogP contribution in [-0.4, -0.2) is 5.78 Å². The third kappa shape index (κ3) is 1.65. The van der Waals surface area contributed by atoms with Crippen molar-refractivity contribution in [3.8, 4) is 0 Å². The summed E-state index contributed by atoms with van der Waals surface area (Å²) < 4.78 is 5.12. The van der Waals surface area contributed by atoms with E-state index < -0.39 is 5.63 Å². The van der Waals surface area contributed by atoms with Crippen LogP contribution in [0.3, 0.4) is 0 Å². The predicted molar refractivity (Wildman–Crippen MR) is 61.9 cm³/mol. The van der Waals surface area contributed by atoms with Gasteiger partial charge in [0.25, 0.3) is 0 Å². The van der Waals surface area contributed by atoms with Gasteiger partial charge >= 0.3 is 5.63 Å². The Balaban J connectivity index is 2.92. The van der Waals surface area contributed by atoms with Crippen LogP contribution >= 0.6 is 0 Å². The highest BCUT2D eigenvalue weighted by molar-refractivity contribution is 6.06. The molecule has 3 nitrogen and oxygen atoms in total. The summed E-state index contributed by atoms with van der Waals surface area (Å²) in [6.07, 6.45) is 0.740. The van der Waals surface area contributed by atoms with Crippen LogP contribution in [0.5, 0.6) is 0 Å². The summed E-state index contributed by atoms with van der Waals surface area (Å²) >= 11 is 0. The van der Waals surface area contributed by atoms with E-state index in [4.69, 9.17) is 4.42 Å². The molecule has 0 amide bonds. The van der Waals surface area contributed by atoms with E-state index in [0.717, 1.165) is 17.4 Å². The van der Waals surface area contributed by atoms with Crippen LogP contribution in [0.1, 0.15) is 29.8 Å². The minimum Gasteiger partial charge on any atom is -0.422 e. The molecule has 0 fully saturated rings. The lowest BCUT2D eigenvalue weighted by Gasteiger charge is -2.06. The maximum atomic E-state index is 11.6. The molecule has 1 aromatic heterocycles. The Morgan fingerprint density at radius 3 is 2.56 bits per heavy atom. The summed E-state index contributed by atoms with van der Waals surface area (Å²) in [5, 5.41) is 0.780. The van der Waals surface area contributed by atoms with Crippen LogP contribution < -0.4 is 5.63 Å². The largest absolute Gasteiger partial charge is 0.422 e. The Labute approximate surface area is 92.7 Å². The first-order chi connectivity index (χ1) is 7.63. The number of hydrogen-bond acceptors (Lipinski definition) is 3. The second-order valence-corrected chi connectivity index (χ2v) is 3.68. The van der Waals surface area contributed by atoms with Crippen molar-refractivity contribution in [2.24, 2.45) is 0 Å². The van der Waals surface area contributed by atoms with Crippen molar-refractivity contribution in [2.75, 3.05) is 0 Å². The van der Waals surface area contributed by atoms with Gasteiger partial charge in [-0.05, 0) is 25.0 Å². The highest BCUT2D eigenvalue weighted by atomic mass is 16.4. The van der Waals surface area contributed by atoms with Gasteiger partial charge in [0.05, 0.1) is 5.56 Å². The monoisotopic (exact) mass is 216 g/mol. The number of Topliss-reactive ketones (excluding diaryl/α,β-unsaturated/α-hetero) is 1.